The van der Waals surface area contributed by atoms with E-state index in [4.69, 9.17) is 0 Å². The second-order valence-corrected chi connectivity index (χ2v) is 9.73. The molecule has 5 nitrogen and oxygen atoms in total. The number of hydrogen-bond acceptors (Lipinski definition) is 3. The number of anilines is 1. The van der Waals surface area contributed by atoms with Crippen molar-refractivity contribution in [1.29, 1.82) is 0 Å². The Bertz CT molecular complexity index is 987. The average molecular weight is 469 g/mol. The Morgan fingerprint density at radius 2 is 1.75 bits per heavy atom. The van der Waals surface area contributed by atoms with E-state index in [1.54, 1.807) is 19.1 Å². The highest BCUT2D eigenvalue weighted by atomic mass is 79.9. The van der Waals surface area contributed by atoms with E-state index in [2.05, 4.69) is 21.2 Å². The Morgan fingerprint density at radius 1 is 1.07 bits per heavy atom. The molecule has 1 saturated heterocycles. The van der Waals surface area contributed by atoms with Crippen LogP contribution in [-0.2, 0) is 10.0 Å². The van der Waals surface area contributed by atoms with Gasteiger partial charge in [0.25, 0.3) is 5.91 Å². The molecule has 1 aliphatic heterocycles. The number of halogens is 2. The van der Waals surface area contributed by atoms with Crippen LogP contribution in [0.4, 0.5) is 10.1 Å². The molecular formula is C20H22BrFN2O3S. The first-order valence-corrected chi connectivity index (χ1v) is 11.4. The van der Waals surface area contributed by atoms with E-state index in [1.165, 1.54) is 28.6 Å². The molecule has 0 aromatic heterocycles. The fourth-order valence-electron chi connectivity index (χ4n) is 3.22. The lowest BCUT2D eigenvalue weighted by Crippen LogP contribution is -2.32. The molecule has 150 valence electrons. The second-order valence-electron chi connectivity index (χ2n) is 6.87. The van der Waals surface area contributed by atoms with E-state index >= 15 is 0 Å². The summed E-state index contributed by atoms with van der Waals surface area (Å²) in [5.74, 6) is -1.12. The lowest BCUT2D eigenvalue weighted by Gasteiger charge is -2.20. The molecular weight excluding hydrogens is 447 g/mol. The van der Waals surface area contributed by atoms with Gasteiger partial charge in [-0.15, -0.1) is 0 Å². The van der Waals surface area contributed by atoms with Gasteiger partial charge >= 0.3 is 0 Å². The number of hydrogen-bond donors (Lipinski definition) is 1. The van der Waals surface area contributed by atoms with Crippen molar-refractivity contribution in [2.75, 3.05) is 18.4 Å². The molecule has 8 heteroatoms. The predicted molar refractivity (Wildman–Crippen MR) is 110 cm³/mol. The zero-order chi connectivity index (χ0) is 20.3. The van der Waals surface area contributed by atoms with Gasteiger partial charge in [-0.3, -0.25) is 4.79 Å². The van der Waals surface area contributed by atoms with Crippen molar-refractivity contribution in [3.8, 4) is 0 Å². The molecule has 0 unspecified atom stereocenters. The summed E-state index contributed by atoms with van der Waals surface area (Å²) in [5, 5.41) is 2.52. The molecule has 0 atom stereocenters. The number of sulfonamides is 1. The van der Waals surface area contributed by atoms with E-state index in [-0.39, 0.29) is 16.1 Å². The molecule has 1 amide bonds. The maximum absolute atomic E-state index is 14.0. The first-order valence-electron chi connectivity index (χ1n) is 9.16. The molecule has 0 aliphatic carbocycles. The first-order chi connectivity index (χ1) is 13.3. The Morgan fingerprint density at radius 3 is 2.39 bits per heavy atom. The lowest BCUT2D eigenvalue weighted by atomic mass is 10.1. The molecule has 2 aromatic carbocycles. The van der Waals surface area contributed by atoms with Crippen LogP contribution in [0.3, 0.4) is 0 Å². The van der Waals surface area contributed by atoms with Crippen LogP contribution in [-0.4, -0.2) is 31.7 Å². The van der Waals surface area contributed by atoms with Crippen LogP contribution in [0.5, 0.6) is 0 Å². The average Bonchev–Trinajstić information content (AvgIpc) is 2.94. The Labute approximate surface area is 173 Å². The van der Waals surface area contributed by atoms with Gasteiger partial charge in [0.1, 0.15) is 5.82 Å². The van der Waals surface area contributed by atoms with Crippen molar-refractivity contribution < 1.29 is 17.6 Å². The van der Waals surface area contributed by atoms with Gasteiger partial charge in [0.15, 0.2) is 0 Å². The maximum atomic E-state index is 14.0. The number of nitrogens with one attached hydrogen (secondary N) is 1. The van der Waals surface area contributed by atoms with Gasteiger partial charge in [-0.2, -0.15) is 4.31 Å². The molecule has 1 heterocycles. The molecule has 1 fully saturated rings. The number of nitrogens with zero attached hydrogens (tertiary/aromatic N) is 1. The Balaban J connectivity index is 1.89. The zero-order valence-electron chi connectivity index (χ0n) is 15.5. The van der Waals surface area contributed by atoms with Crippen molar-refractivity contribution in [1.82, 2.24) is 4.31 Å². The third-order valence-corrected chi connectivity index (χ3v) is 7.22. The minimum absolute atomic E-state index is 0.0355. The van der Waals surface area contributed by atoms with Gasteiger partial charge in [0.2, 0.25) is 10.0 Å². The van der Waals surface area contributed by atoms with Crippen LogP contribution in [0, 0.1) is 12.7 Å². The van der Waals surface area contributed by atoms with Crippen molar-refractivity contribution in [3.05, 3.63) is 57.8 Å². The number of rotatable bonds is 4. The van der Waals surface area contributed by atoms with E-state index < -0.39 is 21.7 Å². The summed E-state index contributed by atoms with van der Waals surface area (Å²) in [6.07, 6.45) is 3.71. The fraction of sp³-hybridized carbons (Fsp3) is 0.350. The molecule has 1 N–H and O–H groups in total. The monoisotopic (exact) mass is 468 g/mol. The number of aryl methyl sites for hydroxylation is 1. The number of benzene rings is 2. The van der Waals surface area contributed by atoms with Crippen LogP contribution >= 0.6 is 15.9 Å². The van der Waals surface area contributed by atoms with Crippen LogP contribution < -0.4 is 5.32 Å². The van der Waals surface area contributed by atoms with Gasteiger partial charge in [-0.25, -0.2) is 12.8 Å². The summed E-state index contributed by atoms with van der Waals surface area (Å²) in [7, 11) is -3.67. The van der Waals surface area contributed by atoms with Gasteiger partial charge in [-0.05, 0) is 55.7 Å². The van der Waals surface area contributed by atoms with Crippen LogP contribution in [0.1, 0.15) is 41.6 Å². The maximum Gasteiger partial charge on any atom is 0.256 e. The number of carbonyl (C=O) groups is 1. The smallest absolute Gasteiger partial charge is 0.256 e. The molecule has 3 rings (SSSR count). The zero-order valence-corrected chi connectivity index (χ0v) is 17.9. The highest BCUT2D eigenvalue weighted by Crippen LogP contribution is 2.24. The summed E-state index contributed by atoms with van der Waals surface area (Å²) in [6, 6.07) is 8.82. The van der Waals surface area contributed by atoms with Gasteiger partial charge in [-0.1, -0.05) is 34.8 Å². The lowest BCUT2D eigenvalue weighted by molar-refractivity contribution is 0.102. The standard InChI is InChI=1S/C20H22BrFN2O3S/c1-14-6-8-16(28(26,27)24-10-4-2-3-5-11-24)13-17(14)20(25)23-19-9-7-15(21)12-18(19)22/h6-9,12-13H,2-5,10-11H2,1H3,(H,23,25). The summed E-state index contributed by atoms with van der Waals surface area (Å²) >= 11 is 3.17. The Kier molecular flexibility index (Phi) is 6.52. The van der Waals surface area contributed by atoms with Crippen LogP contribution in [0.25, 0.3) is 0 Å². The van der Waals surface area contributed by atoms with Crippen molar-refractivity contribution in [2.45, 2.75) is 37.5 Å². The summed E-state index contributed by atoms with van der Waals surface area (Å²) in [4.78, 5) is 12.8. The fourth-order valence-corrected chi connectivity index (χ4v) is 5.09. The SMILES string of the molecule is Cc1ccc(S(=O)(=O)N2CCCCCC2)cc1C(=O)Nc1ccc(Br)cc1F. The molecule has 2 aromatic rings. The van der Waals surface area contributed by atoms with Gasteiger partial charge < -0.3 is 5.32 Å². The quantitative estimate of drug-likeness (QED) is 0.705. The van der Waals surface area contributed by atoms with Gasteiger partial charge in [0.05, 0.1) is 10.6 Å². The summed E-state index contributed by atoms with van der Waals surface area (Å²) in [6.45, 7) is 2.69. The van der Waals surface area contributed by atoms with Crippen molar-refractivity contribution >= 4 is 37.5 Å². The molecule has 0 radical (unpaired) electrons. The van der Waals surface area contributed by atoms with Crippen LogP contribution in [0.2, 0.25) is 0 Å². The topological polar surface area (TPSA) is 66.5 Å². The molecule has 1 aliphatic rings. The van der Waals surface area contributed by atoms with Crippen molar-refractivity contribution in [2.24, 2.45) is 0 Å². The van der Waals surface area contributed by atoms with Gasteiger partial charge in [0, 0.05) is 23.1 Å². The van der Waals surface area contributed by atoms with Crippen molar-refractivity contribution in [3.63, 3.8) is 0 Å². The normalized spacial score (nSPS) is 15.8. The highest BCUT2D eigenvalue weighted by Gasteiger charge is 2.26. The van der Waals surface area contributed by atoms with E-state index in [0.29, 0.717) is 23.1 Å². The molecule has 28 heavy (non-hydrogen) atoms. The third kappa shape index (κ3) is 4.61. The minimum Gasteiger partial charge on any atom is -0.319 e. The summed E-state index contributed by atoms with van der Waals surface area (Å²) < 4.78 is 42.1. The van der Waals surface area contributed by atoms with E-state index in [1.807, 2.05) is 0 Å². The highest BCUT2D eigenvalue weighted by molar-refractivity contribution is 9.10. The number of amides is 1. The summed E-state index contributed by atoms with van der Waals surface area (Å²) in [5.41, 5.74) is 0.858. The minimum atomic E-state index is -3.67. The number of carbonyl (C=O) groups excluding carboxylic acids is 1. The van der Waals surface area contributed by atoms with E-state index in [0.717, 1.165) is 25.7 Å². The largest absolute Gasteiger partial charge is 0.319 e. The Hall–Kier alpha value is -1.77. The molecule has 0 saturated carbocycles. The molecule has 0 spiro atoms. The second kappa shape index (κ2) is 8.71. The van der Waals surface area contributed by atoms with Crippen LogP contribution in [0.15, 0.2) is 45.8 Å². The molecule has 0 bridgehead atoms. The predicted octanol–water partition coefficient (Wildman–Crippen LogP) is 4.71. The van der Waals surface area contributed by atoms with E-state index in [9.17, 15) is 17.6 Å². The third-order valence-electron chi connectivity index (χ3n) is 4.84. The first kappa shape index (κ1) is 21.0.